The summed E-state index contributed by atoms with van der Waals surface area (Å²) >= 11 is 6.24. The molecule has 5 rings (SSSR count). The van der Waals surface area contributed by atoms with Crippen molar-refractivity contribution < 1.29 is 4.39 Å². The molecule has 4 nitrogen and oxygen atoms in total. The van der Waals surface area contributed by atoms with Crippen molar-refractivity contribution in [3.8, 4) is 0 Å². The highest BCUT2D eigenvalue weighted by molar-refractivity contribution is 6.31. The molecule has 1 N–H and O–H groups in total. The fourth-order valence-corrected chi connectivity index (χ4v) is 4.17. The van der Waals surface area contributed by atoms with Crippen LogP contribution in [0.3, 0.4) is 0 Å². The van der Waals surface area contributed by atoms with Crippen molar-refractivity contribution in [2.45, 2.75) is 19.4 Å². The topological polar surface area (TPSA) is 44.8 Å². The van der Waals surface area contributed by atoms with Gasteiger partial charge in [-0.15, -0.1) is 0 Å². The van der Waals surface area contributed by atoms with Gasteiger partial charge in [0, 0.05) is 40.6 Å². The molecule has 2 aromatic carbocycles. The number of anilines is 1. The van der Waals surface area contributed by atoms with Gasteiger partial charge in [0.2, 0.25) is 5.95 Å². The fourth-order valence-electron chi connectivity index (χ4n) is 4.00. The molecule has 28 heavy (non-hydrogen) atoms. The minimum absolute atomic E-state index is 0.127. The average Bonchev–Trinajstić information content (AvgIpc) is 3.06. The molecule has 0 saturated carbocycles. The molecule has 1 aliphatic heterocycles. The zero-order chi connectivity index (χ0) is 19.3. The highest BCUT2D eigenvalue weighted by Crippen LogP contribution is 2.40. The van der Waals surface area contributed by atoms with Gasteiger partial charge in [0.1, 0.15) is 5.82 Å². The van der Waals surface area contributed by atoms with Crippen molar-refractivity contribution in [3.05, 3.63) is 88.1 Å². The second-order valence-electron chi connectivity index (χ2n) is 7.17. The molecule has 0 amide bonds. The van der Waals surface area contributed by atoms with Gasteiger partial charge in [-0.1, -0.05) is 23.7 Å². The van der Waals surface area contributed by atoms with Crippen molar-refractivity contribution in [1.29, 1.82) is 0 Å². The smallest absolute Gasteiger partial charge is 0.226 e. The minimum Gasteiger partial charge on any atom is -0.356 e. The van der Waals surface area contributed by atoms with Gasteiger partial charge in [-0.2, -0.15) is 0 Å². The van der Waals surface area contributed by atoms with Crippen molar-refractivity contribution in [3.63, 3.8) is 0 Å². The van der Waals surface area contributed by atoms with Gasteiger partial charge in [0.25, 0.3) is 0 Å². The Morgan fingerprint density at radius 1 is 1.11 bits per heavy atom. The highest BCUT2D eigenvalue weighted by atomic mass is 35.5. The average molecular weight is 393 g/mol. The third kappa shape index (κ3) is 2.83. The summed E-state index contributed by atoms with van der Waals surface area (Å²) in [4.78, 5) is 14.8. The lowest BCUT2D eigenvalue weighted by Crippen LogP contribution is -2.37. The summed E-state index contributed by atoms with van der Waals surface area (Å²) in [5.74, 6) is 0.420. The van der Waals surface area contributed by atoms with Crippen LogP contribution in [0.15, 0.2) is 54.9 Å². The summed E-state index contributed by atoms with van der Waals surface area (Å²) < 4.78 is 13.6. The molecule has 0 bridgehead atoms. The van der Waals surface area contributed by atoms with E-state index in [1.807, 2.05) is 49.6 Å². The Kier molecular flexibility index (Phi) is 4.05. The number of hydrogen-bond donors (Lipinski definition) is 1. The third-order valence-corrected chi connectivity index (χ3v) is 5.53. The molecule has 3 heterocycles. The van der Waals surface area contributed by atoms with E-state index in [9.17, 15) is 4.39 Å². The number of nitrogens with zero attached hydrogens (tertiary/aromatic N) is 3. The number of hydrogen-bond acceptors (Lipinski definition) is 3. The largest absolute Gasteiger partial charge is 0.356 e. The molecule has 140 valence electrons. The van der Waals surface area contributed by atoms with Crippen molar-refractivity contribution in [2.75, 3.05) is 11.4 Å². The van der Waals surface area contributed by atoms with E-state index in [0.29, 0.717) is 5.95 Å². The van der Waals surface area contributed by atoms with Gasteiger partial charge in [0.05, 0.1) is 6.04 Å². The Morgan fingerprint density at radius 3 is 2.61 bits per heavy atom. The molecular formula is C22H18ClFN4. The van der Waals surface area contributed by atoms with Crippen LogP contribution in [0.1, 0.15) is 28.4 Å². The quantitative estimate of drug-likeness (QED) is 0.509. The Balaban J connectivity index is 1.70. The van der Waals surface area contributed by atoms with Gasteiger partial charge in [0.15, 0.2) is 0 Å². The van der Waals surface area contributed by atoms with E-state index in [1.54, 1.807) is 0 Å². The molecule has 2 aromatic heterocycles. The standard InChI is InChI=1S/C22H18ClFN4/c1-13-11-25-22(26-12-13)28-9-8-17-18-10-15(23)4-7-19(18)27-20(17)21(28)14-2-5-16(24)6-3-14/h2-7,10-12,21,27H,8-9H2,1H3. The number of aromatic nitrogens is 3. The van der Waals surface area contributed by atoms with Crippen LogP contribution in [0.25, 0.3) is 10.9 Å². The van der Waals surface area contributed by atoms with E-state index in [-0.39, 0.29) is 11.9 Å². The van der Waals surface area contributed by atoms with E-state index in [4.69, 9.17) is 11.6 Å². The highest BCUT2D eigenvalue weighted by Gasteiger charge is 2.33. The maximum absolute atomic E-state index is 13.6. The zero-order valence-electron chi connectivity index (χ0n) is 15.3. The van der Waals surface area contributed by atoms with Crippen LogP contribution >= 0.6 is 11.6 Å². The van der Waals surface area contributed by atoms with Crippen molar-refractivity contribution in [1.82, 2.24) is 15.0 Å². The zero-order valence-corrected chi connectivity index (χ0v) is 16.0. The van der Waals surface area contributed by atoms with Crippen LogP contribution in [-0.4, -0.2) is 21.5 Å². The van der Waals surface area contributed by atoms with Gasteiger partial charge in [-0.3, -0.25) is 0 Å². The van der Waals surface area contributed by atoms with Crippen LogP contribution in [0.2, 0.25) is 5.02 Å². The SMILES string of the molecule is Cc1cnc(N2CCc3c([nH]c4ccc(Cl)cc34)C2c2ccc(F)cc2)nc1. The molecule has 0 fully saturated rings. The van der Waals surface area contributed by atoms with Gasteiger partial charge in [-0.05, 0) is 60.4 Å². The maximum atomic E-state index is 13.6. The summed E-state index contributed by atoms with van der Waals surface area (Å²) in [7, 11) is 0. The molecule has 0 aliphatic carbocycles. The van der Waals surface area contributed by atoms with Gasteiger partial charge in [-0.25, -0.2) is 14.4 Å². The molecule has 1 aliphatic rings. The molecule has 0 saturated heterocycles. The maximum Gasteiger partial charge on any atom is 0.226 e. The second-order valence-corrected chi connectivity index (χ2v) is 7.60. The number of halogens is 2. The predicted octanol–water partition coefficient (Wildman–Crippen LogP) is 5.21. The van der Waals surface area contributed by atoms with Crippen molar-refractivity contribution in [2.24, 2.45) is 0 Å². The van der Waals surface area contributed by atoms with Gasteiger partial charge < -0.3 is 9.88 Å². The molecule has 1 atom stereocenters. The molecule has 1 unspecified atom stereocenters. The number of H-pyrrole nitrogens is 1. The van der Waals surface area contributed by atoms with E-state index >= 15 is 0 Å². The first-order valence-electron chi connectivity index (χ1n) is 9.21. The molecule has 4 aromatic rings. The Labute approximate surface area is 167 Å². The minimum atomic E-state index is -0.249. The fraction of sp³-hybridized carbons (Fsp3) is 0.182. The van der Waals surface area contributed by atoms with Crippen LogP contribution in [-0.2, 0) is 6.42 Å². The van der Waals surface area contributed by atoms with Crippen LogP contribution in [0.4, 0.5) is 10.3 Å². The molecule has 0 spiro atoms. The van der Waals surface area contributed by atoms with E-state index in [1.165, 1.54) is 17.7 Å². The lowest BCUT2D eigenvalue weighted by atomic mass is 9.92. The Hall–Kier alpha value is -2.92. The van der Waals surface area contributed by atoms with E-state index < -0.39 is 0 Å². The summed E-state index contributed by atoms with van der Waals surface area (Å²) in [6.07, 6.45) is 4.50. The Morgan fingerprint density at radius 2 is 1.86 bits per heavy atom. The Bertz CT molecular complexity index is 1150. The number of benzene rings is 2. The summed E-state index contributed by atoms with van der Waals surface area (Å²) in [5.41, 5.74) is 5.38. The molecular weight excluding hydrogens is 375 g/mol. The third-order valence-electron chi connectivity index (χ3n) is 5.30. The summed E-state index contributed by atoms with van der Waals surface area (Å²) in [5, 5.41) is 1.86. The summed E-state index contributed by atoms with van der Waals surface area (Å²) in [6, 6.07) is 12.4. The number of fused-ring (bicyclic) bond motifs is 3. The normalized spacial score (nSPS) is 16.4. The number of rotatable bonds is 2. The van der Waals surface area contributed by atoms with Crippen LogP contribution < -0.4 is 4.90 Å². The lowest BCUT2D eigenvalue weighted by Gasteiger charge is -2.36. The molecule has 6 heteroatoms. The summed E-state index contributed by atoms with van der Waals surface area (Å²) in [6.45, 7) is 2.73. The predicted molar refractivity (Wildman–Crippen MR) is 109 cm³/mol. The lowest BCUT2D eigenvalue weighted by molar-refractivity contribution is 0.613. The second kappa shape index (κ2) is 6.60. The monoisotopic (exact) mass is 392 g/mol. The first-order chi connectivity index (χ1) is 13.6. The first kappa shape index (κ1) is 17.2. The number of aromatic amines is 1. The number of aryl methyl sites for hydroxylation is 1. The van der Waals surface area contributed by atoms with Crippen LogP contribution in [0, 0.1) is 12.7 Å². The van der Waals surface area contributed by atoms with E-state index in [0.717, 1.165) is 45.7 Å². The van der Waals surface area contributed by atoms with E-state index in [2.05, 4.69) is 19.9 Å². The number of nitrogens with one attached hydrogen (secondary N) is 1. The van der Waals surface area contributed by atoms with Crippen LogP contribution in [0.5, 0.6) is 0 Å². The molecule has 0 radical (unpaired) electrons. The first-order valence-corrected chi connectivity index (χ1v) is 9.59. The van der Waals surface area contributed by atoms with Crippen molar-refractivity contribution >= 4 is 28.5 Å². The van der Waals surface area contributed by atoms with Gasteiger partial charge >= 0.3 is 0 Å².